The summed E-state index contributed by atoms with van der Waals surface area (Å²) in [4.78, 5) is 12.8. The van der Waals surface area contributed by atoms with E-state index in [9.17, 15) is 18.3 Å². The Morgan fingerprint density at radius 1 is 1.17 bits per heavy atom. The monoisotopic (exact) mass is 343 g/mol. The molecule has 1 N–H and O–H groups in total. The van der Waals surface area contributed by atoms with Crippen molar-refractivity contribution in [1.82, 2.24) is 0 Å². The lowest BCUT2D eigenvalue weighted by atomic mass is 9.92. The van der Waals surface area contributed by atoms with Crippen LogP contribution in [0.4, 0.5) is 5.69 Å². The van der Waals surface area contributed by atoms with Crippen LogP contribution in [0.15, 0.2) is 66.1 Å². The highest BCUT2D eigenvalue weighted by atomic mass is 32.2. The summed E-state index contributed by atoms with van der Waals surface area (Å²) in [6.07, 6.45) is 1.33. The summed E-state index contributed by atoms with van der Waals surface area (Å²) in [7, 11) is -4.12. The van der Waals surface area contributed by atoms with E-state index in [4.69, 9.17) is 0 Å². The summed E-state index contributed by atoms with van der Waals surface area (Å²) >= 11 is 0. The number of para-hydroxylation sites is 1. The Hall–Kier alpha value is -2.44. The molecule has 2 aromatic carbocycles. The van der Waals surface area contributed by atoms with Crippen LogP contribution in [-0.2, 0) is 20.4 Å². The molecule has 3 rings (SSSR count). The van der Waals surface area contributed by atoms with E-state index in [1.807, 2.05) is 6.92 Å². The van der Waals surface area contributed by atoms with Crippen molar-refractivity contribution in [2.45, 2.75) is 23.8 Å². The van der Waals surface area contributed by atoms with Crippen molar-refractivity contribution >= 4 is 21.6 Å². The van der Waals surface area contributed by atoms with Crippen LogP contribution in [0, 0.1) is 6.92 Å². The molecule has 0 bridgehead atoms. The third-order valence-electron chi connectivity index (χ3n) is 4.11. The van der Waals surface area contributed by atoms with Gasteiger partial charge in [0.2, 0.25) is 0 Å². The fraction of sp³-hybridized carbons (Fsp3) is 0.167. The molecule has 24 heavy (non-hydrogen) atoms. The van der Waals surface area contributed by atoms with Gasteiger partial charge in [0.05, 0.1) is 10.6 Å². The minimum absolute atomic E-state index is 0.000828. The summed E-state index contributed by atoms with van der Waals surface area (Å²) in [6.45, 7) is 5.39. The number of hydrogen-bond acceptors (Lipinski definition) is 4. The van der Waals surface area contributed by atoms with Gasteiger partial charge in [-0.2, -0.15) is 4.31 Å². The molecule has 124 valence electrons. The van der Waals surface area contributed by atoms with Crippen molar-refractivity contribution < 1.29 is 18.3 Å². The molecule has 1 aliphatic rings. The molecule has 2 aromatic rings. The van der Waals surface area contributed by atoms with Crippen molar-refractivity contribution in [3.8, 4) is 0 Å². The topological polar surface area (TPSA) is 74.7 Å². The smallest absolute Gasteiger partial charge is 0.278 e. The van der Waals surface area contributed by atoms with Gasteiger partial charge in [-0.15, -0.1) is 6.58 Å². The van der Waals surface area contributed by atoms with E-state index < -0.39 is 21.5 Å². The molecule has 6 heteroatoms. The van der Waals surface area contributed by atoms with Gasteiger partial charge in [0.15, 0.2) is 5.60 Å². The maximum atomic E-state index is 13.0. The Balaban J connectivity index is 2.20. The molecular weight excluding hydrogens is 326 g/mol. The zero-order valence-corrected chi connectivity index (χ0v) is 14.0. The summed E-state index contributed by atoms with van der Waals surface area (Å²) in [6, 6.07) is 12.6. The average Bonchev–Trinajstić information content (AvgIpc) is 2.77. The highest BCUT2D eigenvalue weighted by Crippen LogP contribution is 2.44. The molecule has 0 saturated carbocycles. The number of hydrogen-bond donors (Lipinski definition) is 1. The lowest BCUT2D eigenvalue weighted by Gasteiger charge is -2.21. The van der Waals surface area contributed by atoms with E-state index in [1.165, 1.54) is 24.3 Å². The number of benzene rings is 2. The number of fused-ring (bicyclic) bond motifs is 1. The van der Waals surface area contributed by atoms with Crippen LogP contribution >= 0.6 is 0 Å². The largest absolute Gasteiger partial charge is 0.375 e. The van der Waals surface area contributed by atoms with Gasteiger partial charge in [0, 0.05) is 12.0 Å². The van der Waals surface area contributed by atoms with E-state index in [2.05, 4.69) is 6.58 Å². The second-order valence-electron chi connectivity index (χ2n) is 5.76. The highest BCUT2D eigenvalue weighted by Gasteiger charge is 2.53. The van der Waals surface area contributed by atoms with Crippen molar-refractivity contribution in [2.24, 2.45) is 0 Å². The number of amides is 1. The third-order valence-corrected chi connectivity index (χ3v) is 5.82. The fourth-order valence-electron chi connectivity index (χ4n) is 2.85. The molecular formula is C18H17NO4S. The predicted octanol–water partition coefficient (Wildman–Crippen LogP) is 2.49. The second kappa shape index (κ2) is 5.58. The van der Waals surface area contributed by atoms with Crippen LogP contribution < -0.4 is 4.31 Å². The maximum absolute atomic E-state index is 13.0. The number of aliphatic hydroxyl groups is 1. The van der Waals surface area contributed by atoms with Crippen LogP contribution in [0.2, 0.25) is 0 Å². The first-order chi connectivity index (χ1) is 11.3. The maximum Gasteiger partial charge on any atom is 0.278 e. The molecule has 0 aliphatic carbocycles. The molecule has 1 atom stereocenters. The lowest BCUT2D eigenvalue weighted by molar-refractivity contribution is -0.134. The zero-order chi connectivity index (χ0) is 17.5. The van der Waals surface area contributed by atoms with E-state index in [0.717, 1.165) is 5.56 Å². The van der Waals surface area contributed by atoms with E-state index in [0.29, 0.717) is 4.31 Å². The third kappa shape index (κ3) is 2.26. The van der Waals surface area contributed by atoms with Gasteiger partial charge in [-0.05, 0) is 25.1 Å². The fourth-order valence-corrected chi connectivity index (χ4v) is 4.33. The predicted molar refractivity (Wildman–Crippen MR) is 91.0 cm³/mol. The van der Waals surface area contributed by atoms with Gasteiger partial charge >= 0.3 is 0 Å². The molecule has 0 radical (unpaired) electrons. The van der Waals surface area contributed by atoms with Gasteiger partial charge in [0.25, 0.3) is 15.9 Å². The van der Waals surface area contributed by atoms with E-state index in [1.54, 1.807) is 30.3 Å². The normalized spacial score (nSPS) is 20.1. The molecule has 0 saturated heterocycles. The van der Waals surface area contributed by atoms with Gasteiger partial charge < -0.3 is 5.11 Å². The van der Waals surface area contributed by atoms with Crippen LogP contribution in [0.5, 0.6) is 0 Å². The molecule has 0 spiro atoms. The molecule has 1 heterocycles. The Morgan fingerprint density at radius 3 is 2.42 bits per heavy atom. The quantitative estimate of drug-likeness (QED) is 0.866. The SMILES string of the molecule is C=CCC1(O)C(=O)N(S(=O)(=O)c2ccc(C)cc2)c2ccccc21. The summed E-state index contributed by atoms with van der Waals surface area (Å²) in [5.41, 5.74) is -0.570. The van der Waals surface area contributed by atoms with Crippen molar-refractivity contribution in [2.75, 3.05) is 4.31 Å². The Morgan fingerprint density at radius 2 is 1.79 bits per heavy atom. The minimum Gasteiger partial charge on any atom is -0.375 e. The first kappa shape index (κ1) is 16.4. The molecule has 1 unspecified atom stereocenters. The number of carbonyl (C=O) groups excluding carboxylic acids is 1. The van der Waals surface area contributed by atoms with E-state index >= 15 is 0 Å². The standard InChI is InChI=1S/C18H17NO4S/c1-3-12-18(21)15-6-4-5-7-16(15)19(17(18)20)24(22,23)14-10-8-13(2)9-11-14/h3-11,21H,1,12H2,2H3. The summed E-state index contributed by atoms with van der Waals surface area (Å²) in [5, 5.41) is 10.8. The number of aryl methyl sites for hydroxylation is 1. The van der Waals surface area contributed by atoms with Crippen LogP contribution in [-0.4, -0.2) is 19.4 Å². The summed E-state index contributed by atoms with van der Waals surface area (Å²) in [5.74, 6) is -0.885. The number of rotatable bonds is 4. The zero-order valence-electron chi connectivity index (χ0n) is 13.1. The van der Waals surface area contributed by atoms with Gasteiger partial charge in [-0.3, -0.25) is 4.79 Å². The van der Waals surface area contributed by atoms with Crippen LogP contribution in [0.1, 0.15) is 17.5 Å². The number of carbonyl (C=O) groups is 1. The molecule has 1 aliphatic heterocycles. The molecule has 0 aromatic heterocycles. The van der Waals surface area contributed by atoms with Crippen molar-refractivity contribution in [3.63, 3.8) is 0 Å². The highest BCUT2D eigenvalue weighted by molar-refractivity contribution is 7.93. The average molecular weight is 343 g/mol. The lowest BCUT2D eigenvalue weighted by Crippen LogP contribution is -2.43. The second-order valence-corrected chi connectivity index (χ2v) is 7.54. The minimum atomic E-state index is -4.12. The summed E-state index contributed by atoms with van der Waals surface area (Å²) < 4.78 is 26.6. The van der Waals surface area contributed by atoms with Gasteiger partial charge in [0.1, 0.15) is 0 Å². The van der Waals surface area contributed by atoms with Gasteiger partial charge in [-0.25, -0.2) is 8.42 Å². The van der Waals surface area contributed by atoms with Crippen molar-refractivity contribution in [3.05, 3.63) is 72.3 Å². The Labute approximate surface area is 140 Å². The number of anilines is 1. The first-order valence-corrected chi connectivity index (χ1v) is 8.85. The Bertz CT molecular complexity index is 918. The number of nitrogens with zero attached hydrogens (tertiary/aromatic N) is 1. The van der Waals surface area contributed by atoms with Crippen LogP contribution in [0.3, 0.4) is 0 Å². The van der Waals surface area contributed by atoms with Gasteiger partial charge in [-0.1, -0.05) is 42.0 Å². The molecule has 5 nitrogen and oxygen atoms in total. The number of sulfonamides is 1. The van der Waals surface area contributed by atoms with Crippen molar-refractivity contribution in [1.29, 1.82) is 0 Å². The Kier molecular flexibility index (Phi) is 3.81. The molecule has 0 fully saturated rings. The van der Waals surface area contributed by atoms with Crippen LogP contribution in [0.25, 0.3) is 0 Å². The molecule has 1 amide bonds. The first-order valence-electron chi connectivity index (χ1n) is 7.41. The van der Waals surface area contributed by atoms with E-state index in [-0.39, 0.29) is 22.6 Å².